The highest BCUT2D eigenvalue weighted by Gasteiger charge is 2.48. The Morgan fingerprint density at radius 3 is 2.11 bits per heavy atom. The molecule has 6 N–H and O–H groups in total. The van der Waals surface area contributed by atoms with E-state index in [-0.39, 0.29) is 5.92 Å². The zero-order chi connectivity index (χ0) is 28.2. The van der Waals surface area contributed by atoms with Gasteiger partial charge in [-0.15, -0.1) is 0 Å². The molecule has 1 fully saturated rings. The maximum atomic E-state index is 12.8. The zero-order valence-electron chi connectivity index (χ0n) is 22.2. The summed E-state index contributed by atoms with van der Waals surface area (Å²) in [6.07, 6.45) is -1.91. The van der Waals surface area contributed by atoms with Crippen LogP contribution in [-0.4, -0.2) is 98.7 Å². The van der Waals surface area contributed by atoms with E-state index in [2.05, 4.69) is 13.8 Å². The lowest BCUT2D eigenvalue weighted by Crippen LogP contribution is -2.59. The van der Waals surface area contributed by atoms with E-state index < -0.39 is 79.6 Å². The standard InChI is InChI=1S/C26H44O12/c1-3-5-7-9-11-15(12-10-8-6-4-2)24(33)35-14-16(28)22-21(32)23(25(34)37-22)38-26-20(31)19(30)18(29)17(13-27)36-26/h15-20,22,26-32H,3-14H2,1-2H3/t16?,17-,18-,19+,20-,22?,26-/m1/s1. The molecule has 2 unspecified atom stereocenters. The Kier molecular flexibility index (Phi) is 13.8. The first-order valence-electron chi connectivity index (χ1n) is 13.6. The van der Waals surface area contributed by atoms with Crippen molar-refractivity contribution in [3.05, 3.63) is 11.5 Å². The normalized spacial score (nSPS) is 28.5. The van der Waals surface area contributed by atoms with Crippen LogP contribution < -0.4 is 0 Å². The highest BCUT2D eigenvalue weighted by atomic mass is 16.7. The summed E-state index contributed by atoms with van der Waals surface area (Å²) in [4.78, 5) is 25.1. The molecule has 0 aliphatic carbocycles. The van der Waals surface area contributed by atoms with Gasteiger partial charge in [0, 0.05) is 0 Å². The number of ether oxygens (including phenoxy) is 4. The van der Waals surface area contributed by atoms with Crippen molar-refractivity contribution in [2.75, 3.05) is 13.2 Å². The molecule has 38 heavy (non-hydrogen) atoms. The summed E-state index contributed by atoms with van der Waals surface area (Å²) in [5.41, 5.74) is 0. The Labute approximate surface area is 223 Å². The minimum Gasteiger partial charge on any atom is -0.505 e. The van der Waals surface area contributed by atoms with Crippen molar-refractivity contribution in [1.29, 1.82) is 0 Å². The molecule has 0 bridgehead atoms. The van der Waals surface area contributed by atoms with Crippen LogP contribution in [0.4, 0.5) is 0 Å². The molecule has 220 valence electrons. The summed E-state index contributed by atoms with van der Waals surface area (Å²) in [6.45, 7) is 2.97. The summed E-state index contributed by atoms with van der Waals surface area (Å²) in [7, 11) is 0. The predicted octanol–water partition coefficient (Wildman–Crippen LogP) is 0.959. The molecule has 0 radical (unpaired) electrons. The average Bonchev–Trinajstić information content (AvgIpc) is 3.19. The number of carbonyl (C=O) groups is 2. The van der Waals surface area contributed by atoms with Crippen molar-refractivity contribution >= 4 is 11.9 Å². The van der Waals surface area contributed by atoms with Crippen LogP contribution in [0.3, 0.4) is 0 Å². The minimum absolute atomic E-state index is 0.309. The second-order valence-electron chi connectivity index (χ2n) is 9.95. The number of hydrogen-bond donors (Lipinski definition) is 6. The van der Waals surface area contributed by atoms with Crippen molar-refractivity contribution < 1.29 is 59.2 Å². The van der Waals surface area contributed by atoms with E-state index >= 15 is 0 Å². The molecule has 0 aromatic rings. The molecule has 0 saturated carbocycles. The van der Waals surface area contributed by atoms with Gasteiger partial charge in [0.1, 0.15) is 37.1 Å². The Morgan fingerprint density at radius 2 is 1.55 bits per heavy atom. The second kappa shape index (κ2) is 16.2. The van der Waals surface area contributed by atoms with Gasteiger partial charge in [0.25, 0.3) is 0 Å². The monoisotopic (exact) mass is 548 g/mol. The molecule has 0 amide bonds. The van der Waals surface area contributed by atoms with E-state index in [4.69, 9.17) is 18.9 Å². The van der Waals surface area contributed by atoms with Crippen LogP contribution in [0.5, 0.6) is 0 Å². The Bertz CT molecular complexity index is 757. The molecule has 2 heterocycles. The van der Waals surface area contributed by atoms with Gasteiger partial charge in [0.15, 0.2) is 11.9 Å². The Hall–Kier alpha value is -1.96. The van der Waals surface area contributed by atoms with Crippen molar-refractivity contribution in [3.8, 4) is 0 Å². The molecule has 0 aromatic carbocycles. The quantitative estimate of drug-likeness (QED) is 0.112. The van der Waals surface area contributed by atoms with Crippen LogP contribution in [0.2, 0.25) is 0 Å². The molecule has 0 spiro atoms. The van der Waals surface area contributed by atoms with Gasteiger partial charge in [0.2, 0.25) is 12.0 Å². The lowest BCUT2D eigenvalue weighted by Gasteiger charge is -2.39. The topological polar surface area (TPSA) is 192 Å². The predicted molar refractivity (Wildman–Crippen MR) is 132 cm³/mol. The number of rotatable bonds is 17. The van der Waals surface area contributed by atoms with Crippen LogP contribution in [0, 0.1) is 5.92 Å². The number of unbranched alkanes of at least 4 members (excludes halogenated alkanes) is 6. The molecular formula is C26H44O12. The lowest BCUT2D eigenvalue weighted by molar-refractivity contribution is -0.291. The molecule has 12 nitrogen and oxygen atoms in total. The number of hydrogen-bond acceptors (Lipinski definition) is 12. The minimum atomic E-state index is -1.82. The summed E-state index contributed by atoms with van der Waals surface area (Å²) in [6, 6.07) is 0. The molecule has 2 aliphatic heterocycles. The Morgan fingerprint density at radius 1 is 0.947 bits per heavy atom. The van der Waals surface area contributed by atoms with Gasteiger partial charge in [-0.2, -0.15) is 0 Å². The number of aliphatic hydroxyl groups excluding tert-OH is 6. The molecular weight excluding hydrogens is 504 g/mol. The largest absolute Gasteiger partial charge is 0.505 e. The lowest BCUT2D eigenvalue weighted by atomic mass is 9.94. The van der Waals surface area contributed by atoms with E-state index in [9.17, 15) is 40.2 Å². The van der Waals surface area contributed by atoms with Gasteiger partial charge in [-0.25, -0.2) is 4.79 Å². The molecule has 2 aliphatic rings. The number of carbonyl (C=O) groups excluding carboxylic acids is 2. The summed E-state index contributed by atoms with van der Waals surface area (Å²) >= 11 is 0. The third-order valence-electron chi connectivity index (χ3n) is 6.90. The molecule has 1 saturated heterocycles. The van der Waals surface area contributed by atoms with Crippen LogP contribution in [0.1, 0.15) is 78.1 Å². The molecule has 12 heteroatoms. The second-order valence-corrected chi connectivity index (χ2v) is 9.95. The van der Waals surface area contributed by atoms with Crippen molar-refractivity contribution in [2.45, 2.75) is 121 Å². The highest BCUT2D eigenvalue weighted by molar-refractivity contribution is 5.89. The summed E-state index contributed by atoms with van der Waals surface area (Å²) in [5.74, 6) is -3.54. The van der Waals surface area contributed by atoms with Crippen molar-refractivity contribution in [2.24, 2.45) is 5.92 Å². The molecule has 0 aromatic heterocycles. The fraction of sp³-hybridized carbons (Fsp3) is 0.846. The van der Waals surface area contributed by atoms with Gasteiger partial charge < -0.3 is 49.6 Å². The van der Waals surface area contributed by atoms with Crippen molar-refractivity contribution in [1.82, 2.24) is 0 Å². The van der Waals surface area contributed by atoms with Gasteiger partial charge in [-0.05, 0) is 12.8 Å². The highest BCUT2D eigenvalue weighted by Crippen LogP contribution is 2.30. The van der Waals surface area contributed by atoms with Crippen LogP contribution in [0.15, 0.2) is 11.5 Å². The number of cyclic esters (lactones) is 1. The zero-order valence-corrected chi connectivity index (χ0v) is 22.2. The third-order valence-corrected chi connectivity index (χ3v) is 6.90. The summed E-state index contributed by atoms with van der Waals surface area (Å²) < 4.78 is 20.7. The van der Waals surface area contributed by atoms with Crippen LogP contribution in [0.25, 0.3) is 0 Å². The fourth-order valence-electron chi connectivity index (χ4n) is 4.50. The van der Waals surface area contributed by atoms with Crippen LogP contribution >= 0.6 is 0 Å². The first kappa shape index (κ1) is 32.3. The molecule has 2 rings (SSSR count). The maximum absolute atomic E-state index is 12.8. The Balaban J connectivity index is 1.97. The molecule has 7 atom stereocenters. The first-order valence-corrected chi connectivity index (χ1v) is 13.6. The summed E-state index contributed by atoms with van der Waals surface area (Å²) in [5, 5.41) is 60.1. The van der Waals surface area contributed by atoms with E-state index in [0.29, 0.717) is 12.8 Å². The van der Waals surface area contributed by atoms with Crippen molar-refractivity contribution in [3.63, 3.8) is 0 Å². The first-order chi connectivity index (χ1) is 18.2. The smallest absolute Gasteiger partial charge is 0.378 e. The van der Waals surface area contributed by atoms with E-state index in [1.54, 1.807) is 0 Å². The van der Waals surface area contributed by atoms with E-state index in [1.165, 1.54) is 0 Å². The van der Waals surface area contributed by atoms with Gasteiger partial charge in [0.05, 0.1) is 12.5 Å². The van der Waals surface area contributed by atoms with Crippen LogP contribution in [-0.2, 0) is 28.5 Å². The average molecular weight is 549 g/mol. The number of aliphatic hydroxyl groups is 6. The SMILES string of the molecule is CCCCCCC(CCCCCC)C(=O)OCC(O)C1OC(=O)C(O[C@H]2O[C@H](CO)[C@@H](O)[C@H](O)[C@H]2O)=C1O. The van der Waals surface area contributed by atoms with E-state index in [1.807, 2.05) is 0 Å². The third kappa shape index (κ3) is 8.78. The number of esters is 2. The van der Waals surface area contributed by atoms with Gasteiger partial charge in [-0.3, -0.25) is 4.79 Å². The maximum Gasteiger partial charge on any atom is 0.378 e. The van der Waals surface area contributed by atoms with Gasteiger partial charge >= 0.3 is 11.9 Å². The fourth-order valence-corrected chi connectivity index (χ4v) is 4.50. The van der Waals surface area contributed by atoms with E-state index in [0.717, 1.165) is 51.4 Å². The van der Waals surface area contributed by atoms with Gasteiger partial charge in [-0.1, -0.05) is 65.2 Å².